The number of ether oxygens (including phenoxy) is 6. The molecule has 0 unspecified atom stereocenters. The number of piperidine rings is 4. The van der Waals surface area contributed by atoms with Crippen LogP contribution in [0.1, 0.15) is 126 Å². The SMILES string of the molecule is C#CCOCC1CCN(C(=O)OC(C)(C)C)CC1.CC(C)(C)OC(=O)N1CCC(CO)CC1.CC(C)(C)OC(=O)N1CCC(COCc2cn[nH]n2)CC1.C[Si](C)(C)N=[N+]=[N-].ClN1CCC(COCc2cn[nH]n2)CC1.[B].[H-].[Na+]. The number of aromatic nitrogens is 6. The summed E-state index contributed by atoms with van der Waals surface area (Å²) in [6.07, 6.45) is 15.5. The van der Waals surface area contributed by atoms with Gasteiger partial charge in [0.1, 0.15) is 43.0 Å². The number of terminal acetylenes is 1. The van der Waals surface area contributed by atoms with Crippen molar-refractivity contribution in [3.8, 4) is 12.3 Å². The summed E-state index contributed by atoms with van der Waals surface area (Å²) >= 11 is 5.87. The molecule has 0 bridgehead atoms. The van der Waals surface area contributed by atoms with E-state index in [1.807, 2.05) is 86.4 Å². The number of nitrogens with one attached hydrogen (secondary N) is 2. The molecule has 2 aromatic rings. The van der Waals surface area contributed by atoms with Crippen molar-refractivity contribution >= 4 is 46.7 Å². The van der Waals surface area contributed by atoms with E-state index in [1.54, 1.807) is 27.1 Å². The molecule has 0 aromatic carbocycles. The van der Waals surface area contributed by atoms with E-state index in [0.29, 0.717) is 69.8 Å². The van der Waals surface area contributed by atoms with Crippen molar-refractivity contribution < 1.29 is 78.9 Å². The number of azide groups is 1. The predicted molar refractivity (Wildman–Crippen MR) is 300 cm³/mol. The van der Waals surface area contributed by atoms with Crippen LogP contribution in [0.15, 0.2) is 17.2 Å². The quantitative estimate of drug-likeness (QED) is 0.0306. The Labute approximate surface area is 496 Å². The second kappa shape index (κ2) is 38.9. The van der Waals surface area contributed by atoms with E-state index in [2.05, 4.69) is 46.4 Å². The van der Waals surface area contributed by atoms with Gasteiger partial charge in [-0.15, -0.1) is 11.2 Å². The summed E-state index contributed by atoms with van der Waals surface area (Å²) in [7, 11) is -1.45. The van der Waals surface area contributed by atoms with Gasteiger partial charge in [0.15, 0.2) is 0 Å². The summed E-state index contributed by atoms with van der Waals surface area (Å²) < 4.78 is 37.9. The molecule has 4 fully saturated rings. The fraction of sp³-hybridized carbons (Fsp3) is 0.824. The molecule has 4 aliphatic heterocycles. The molecule has 6 rings (SSSR count). The number of aliphatic hydroxyl groups excluding tert-OH is 1. The molecule has 0 aliphatic carbocycles. The summed E-state index contributed by atoms with van der Waals surface area (Å²) in [6, 6.07) is 0. The summed E-state index contributed by atoms with van der Waals surface area (Å²) in [5.74, 6) is 4.41. The number of aliphatic hydroxyl groups is 1. The van der Waals surface area contributed by atoms with E-state index in [-0.39, 0.29) is 64.3 Å². The molecule has 78 heavy (non-hydrogen) atoms. The molecule has 0 atom stereocenters. The van der Waals surface area contributed by atoms with Crippen LogP contribution in [0.3, 0.4) is 0 Å². The Balaban J connectivity index is 0. The number of halogens is 1. The average molecular weight is 1150 g/mol. The number of nitrogens with zero attached hydrogens (tertiary/aromatic N) is 11. The second-order valence-electron chi connectivity index (χ2n) is 23.3. The van der Waals surface area contributed by atoms with Gasteiger partial charge in [0.2, 0.25) is 0 Å². The number of aromatic amines is 2. The molecule has 2 aromatic heterocycles. The van der Waals surface area contributed by atoms with Crippen LogP contribution in [0.25, 0.3) is 10.4 Å². The molecule has 4 aliphatic rings. The van der Waals surface area contributed by atoms with Crippen LogP contribution >= 0.6 is 11.8 Å². The van der Waals surface area contributed by atoms with Gasteiger partial charge in [-0.2, -0.15) is 30.8 Å². The minimum Gasteiger partial charge on any atom is -1.00 e. The maximum atomic E-state index is 11.9. The Morgan fingerprint density at radius 1 is 0.679 bits per heavy atom. The first-order valence-corrected chi connectivity index (χ1v) is 30.3. The molecule has 23 nitrogen and oxygen atoms in total. The number of hydrogen-bond donors (Lipinski definition) is 3. The van der Waals surface area contributed by atoms with E-state index in [0.717, 1.165) is 109 Å². The predicted octanol–water partition coefficient (Wildman–Crippen LogP) is 5.93. The van der Waals surface area contributed by atoms with Crippen molar-refractivity contribution in [3.63, 3.8) is 0 Å². The summed E-state index contributed by atoms with van der Waals surface area (Å²) in [5.41, 5.74) is 8.26. The van der Waals surface area contributed by atoms with Gasteiger partial charge < -0.3 is 49.7 Å². The third kappa shape index (κ3) is 36.6. The minimum absolute atomic E-state index is 0. The van der Waals surface area contributed by atoms with Gasteiger partial charge in [0.05, 0.1) is 45.4 Å². The Bertz CT molecular complexity index is 1990. The van der Waals surface area contributed by atoms with Crippen LogP contribution in [0.2, 0.25) is 19.6 Å². The number of amides is 3. The van der Waals surface area contributed by atoms with Crippen molar-refractivity contribution in [2.75, 3.05) is 85.4 Å². The Morgan fingerprint density at radius 3 is 1.26 bits per heavy atom. The van der Waals surface area contributed by atoms with Gasteiger partial charge in [0.25, 0.3) is 0 Å². The smallest absolute Gasteiger partial charge is 1.00 e. The molecule has 3 amide bonds. The zero-order chi connectivity index (χ0) is 56.8. The van der Waals surface area contributed by atoms with Gasteiger partial charge in [-0.3, -0.25) is 0 Å². The molecule has 0 saturated carbocycles. The van der Waals surface area contributed by atoms with E-state index < -0.39 is 25.0 Å². The maximum Gasteiger partial charge on any atom is 1.00 e. The van der Waals surface area contributed by atoms with Crippen LogP contribution in [0.4, 0.5) is 14.4 Å². The number of H-pyrrole nitrogens is 2. The van der Waals surface area contributed by atoms with Crippen LogP contribution in [0.5, 0.6) is 0 Å². The van der Waals surface area contributed by atoms with Crippen molar-refractivity contribution in [2.45, 2.75) is 163 Å². The van der Waals surface area contributed by atoms with Crippen molar-refractivity contribution in [2.24, 2.45) is 28.5 Å². The van der Waals surface area contributed by atoms with Crippen LogP contribution in [-0.4, -0.2) is 192 Å². The van der Waals surface area contributed by atoms with Crippen LogP contribution in [0, 0.1) is 36.0 Å². The van der Waals surface area contributed by atoms with Gasteiger partial charge in [-0.25, -0.2) is 18.8 Å². The minimum atomic E-state index is -1.45. The van der Waals surface area contributed by atoms with Gasteiger partial charge in [-0.05, 0) is 160 Å². The van der Waals surface area contributed by atoms with E-state index in [9.17, 15) is 14.4 Å². The molecular weight excluding hydrogens is 1050 g/mol. The molecule has 3 radical (unpaired) electrons. The summed E-state index contributed by atoms with van der Waals surface area (Å²) in [5, 5.41) is 29.4. The van der Waals surface area contributed by atoms with Crippen molar-refractivity contribution in [1.29, 1.82) is 0 Å². The van der Waals surface area contributed by atoms with E-state index >= 15 is 0 Å². The summed E-state index contributed by atoms with van der Waals surface area (Å²) in [6.45, 7) is 32.9. The molecule has 27 heteroatoms. The second-order valence-corrected chi connectivity index (χ2v) is 28.3. The monoisotopic (exact) mass is 1140 g/mol. The van der Waals surface area contributed by atoms with Gasteiger partial charge >= 0.3 is 47.8 Å². The topological polar surface area (TPSA) is 272 Å². The first-order chi connectivity index (χ1) is 35.7. The maximum absolute atomic E-state index is 11.9. The van der Waals surface area contributed by atoms with Crippen LogP contribution < -0.4 is 29.6 Å². The standard InChI is InChI=1S/C14H24N4O3.C14H23NO3.C11H21NO3.C9H15ClN4O.C3H9N3Si.B.Na.H/c1-14(2,3)21-13(19)18-6-4-11(5-7-18)9-20-10-12-8-15-17-16-12;1-5-10-17-11-12-6-8-15(9-7-12)13(16)18-14(2,3)4;1-11(2,3)15-10(14)12-6-4-9(8-13)5-7-12;10-14-3-1-8(2-4-14)6-15-7-9-5-11-13-12-9;1-7(2,3)6-5-4;;;/h8,11H,4-7,9-10H2,1-3H3,(H,15,16,17);1,12H,6-11H2,2-4H3;9,13H,4-8H2,1-3H3;5,8H,1-4,6-7H2,(H,11,12,13);1-3H3;;;/q;;;;;;+1;-1. The number of carbonyl (C=O) groups excluding carboxylic acids is 3. The molecule has 437 valence electrons. The van der Waals surface area contributed by atoms with E-state index in [1.165, 1.54) is 0 Å². The Morgan fingerprint density at radius 2 is 1.00 bits per heavy atom. The molecule has 4 saturated heterocycles. The third-order valence-corrected chi connectivity index (χ3v) is 12.7. The third-order valence-electron chi connectivity index (χ3n) is 11.6. The number of carbonyl (C=O) groups is 3. The number of likely N-dealkylation sites (tertiary alicyclic amines) is 3. The Hall–Kier alpha value is -3.67. The average Bonchev–Trinajstić information content (AvgIpc) is 4.07. The van der Waals surface area contributed by atoms with Crippen molar-refractivity contribution in [3.05, 3.63) is 34.2 Å². The normalized spacial score (nSPS) is 16.9. The fourth-order valence-electron chi connectivity index (χ4n) is 7.58. The summed E-state index contributed by atoms with van der Waals surface area (Å²) in [4.78, 5) is 43.4. The first kappa shape index (κ1) is 74.3. The Kier molecular flexibility index (Phi) is 37.1. The largest absolute Gasteiger partial charge is 1.00 e. The molecular formula is C51H93BClN13NaO10Si. The zero-order valence-electron chi connectivity index (χ0n) is 50.3. The molecule has 6 heterocycles. The first-order valence-electron chi connectivity index (χ1n) is 26.6. The number of hydrogen-bond acceptors (Lipinski definition) is 16. The van der Waals surface area contributed by atoms with Crippen molar-refractivity contribution in [1.82, 2.24) is 49.9 Å². The van der Waals surface area contributed by atoms with Gasteiger partial charge in [-0.1, -0.05) is 25.6 Å². The fourth-order valence-corrected chi connectivity index (χ4v) is 8.04. The molecule has 0 spiro atoms. The van der Waals surface area contributed by atoms with Crippen LogP contribution in [-0.2, 0) is 41.6 Å². The zero-order valence-corrected chi connectivity index (χ0v) is 53.1. The number of rotatable bonds is 13. The van der Waals surface area contributed by atoms with Gasteiger partial charge in [0, 0.05) is 67.4 Å². The molecule has 3 N–H and O–H groups in total. The van der Waals surface area contributed by atoms with E-state index in [4.69, 9.17) is 57.3 Å².